The quantitative estimate of drug-likeness (QED) is 0.199. The van der Waals surface area contributed by atoms with Crippen molar-refractivity contribution in [2.75, 3.05) is 5.75 Å². The van der Waals surface area contributed by atoms with E-state index in [4.69, 9.17) is 5.11 Å². The SMILES string of the molecule is CCCCCCCCC/C=C/C=C\[C@@H](SCCC(=O)O)[C@@H](O)c1cccc(-c2nn[nH]n2)c1. The van der Waals surface area contributed by atoms with Crippen molar-refractivity contribution in [3.05, 3.63) is 54.1 Å². The first kappa shape index (κ1) is 26.8. The lowest BCUT2D eigenvalue weighted by Crippen LogP contribution is -2.14. The van der Waals surface area contributed by atoms with Crippen LogP contribution in [0.15, 0.2) is 48.6 Å². The Hall–Kier alpha value is -2.45. The number of hydrogen-bond donors (Lipinski definition) is 3. The Kier molecular flexibility index (Phi) is 13.2. The summed E-state index contributed by atoms with van der Waals surface area (Å²) in [5, 5.41) is 33.7. The molecule has 1 heterocycles. The fourth-order valence-corrected chi connectivity index (χ4v) is 4.54. The first-order chi connectivity index (χ1) is 16.1. The number of H-pyrrole nitrogens is 1. The summed E-state index contributed by atoms with van der Waals surface area (Å²) in [7, 11) is 0. The number of benzene rings is 1. The van der Waals surface area contributed by atoms with E-state index in [0.29, 0.717) is 11.6 Å². The average molecular weight is 473 g/mol. The van der Waals surface area contributed by atoms with Crippen LogP contribution in [0.4, 0.5) is 0 Å². The number of aromatic nitrogens is 4. The van der Waals surface area contributed by atoms with E-state index in [0.717, 1.165) is 17.5 Å². The first-order valence-corrected chi connectivity index (χ1v) is 12.8. The summed E-state index contributed by atoms with van der Waals surface area (Å²) in [5.41, 5.74) is 1.48. The van der Waals surface area contributed by atoms with Crippen molar-refractivity contribution in [1.29, 1.82) is 0 Å². The Labute approximate surface area is 200 Å². The van der Waals surface area contributed by atoms with E-state index < -0.39 is 12.1 Å². The van der Waals surface area contributed by atoms with Crippen LogP contribution in [0.5, 0.6) is 0 Å². The van der Waals surface area contributed by atoms with Crippen molar-refractivity contribution < 1.29 is 15.0 Å². The van der Waals surface area contributed by atoms with Crippen molar-refractivity contribution in [1.82, 2.24) is 20.6 Å². The third kappa shape index (κ3) is 10.8. The van der Waals surface area contributed by atoms with Gasteiger partial charge in [0.2, 0.25) is 5.82 Å². The molecule has 33 heavy (non-hydrogen) atoms. The number of aliphatic hydroxyl groups excluding tert-OH is 1. The van der Waals surface area contributed by atoms with Crippen LogP contribution in [-0.4, -0.2) is 47.8 Å². The van der Waals surface area contributed by atoms with Gasteiger partial charge in [0.15, 0.2) is 0 Å². The number of nitrogens with one attached hydrogen (secondary N) is 1. The van der Waals surface area contributed by atoms with Crippen LogP contribution in [0, 0.1) is 0 Å². The van der Waals surface area contributed by atoms with Crippen LogP contribution in [0.3, 0.4) is 0 Å². The van der Waals surface area contributed by atoms with E-state index in [1.165, 1.54) is 56.7 Å². The zero-order valence-corrected chi connectivity index (χ0v) is 20.2. The maximum absolute atomic E-state index is 11.0. The highest BCUT2D eigenvalue weighted by Crippen LogP contribution is 2.30. The number of aliphatic carboxylic acids is 1. The molecule has 0 saturated carbocycles. The van der Waals surface area contributed by atoms with Crippen molar-refractivity contribution in [3.8, 4) is 11.4 Å². The molecule has 0 radical (unpaired) electrons. The summed E-state index contributed by atoms with van der Waals surface area (Å²) in [4.78, 5) is 10.9. The number of rotatable bonds is 17. The maximum atomic E-state index is 11.0. The zero-order valence-electron chi connectivity index (χ0n) is 19.4. The monoisotopic (exact) mass is 472 g/mol. The van der Waals surface area contributed by atoms with Gasteiger partial charge in [-0.1, -0.05) is 88.0 Å². The van der Waals surface area contributed by atoms with Crippen molar-refractivity contribution in [2.24, 2.45) is 0 Å². The molecule has 2 rings (SSSR count). The number of hydrogen-bond acceptors (Lipinski definition) is 6. The van der Waals surface area contributed by atoms with Crippen LogP contribution in [-0.2, 0) is 4.79 Å². The molecule has 0 aliphatic carbocycles. The average Bonchev–Trinajstić information content (AvgIpc) is 3.36. The fourth-order valence-electron chi connectivity index (χ4n) is 3.44. The maximum Gasteiger partial charge on any atom is 0.304 e. The number of carboxylic acids is 1. The molecule has 0 fully saturated rings. The van der Waals surface area contributed by atoms with Gasteiger partial charge in [0, 0.05) is 11.3 Å². The van der Waals surface area contributed by atoms with Crippen molar-refractivity contribution >= 4 is 17.7 Å². The third-order valence-electron chi connectivity index (χ3n) is 5.29. The molecule has 2 atom stereocenters. The predicted molar refractivity (Wildman–Crippen MR) is 134 cm³/mol. The van der Waals surface area contributed by atoms with Gasteiger partial charge in [0.05, 0.1) is 17.8 Å². The minimum Gasteiger partial charge on any atom is -0.481 e. The fraction of sp³-hybridized carbons (Fsp3) is 0.520. The highest BCUT2D eigenvalue weighted by molar-refractivity contribution is 8.00. The van der Waals surface area contributed by atoms with E-state index in [1.807, 2.05) is 42.5 Å². The summed E-state index contributed by atoms with van der Waals surface area (Å²) in [6.45, 7) is 2.24. The lowest BCUT2D eigenvalue weighted by molar-refractivity contribution is -0.136. The van der Waals surface area contributed by atoms with Crippen LogP contribution in [0.25, 0.3) is 11.4 Å². The van der Waals surface area contributed by atoms with Crippen LogP contribution < -0.4 is 0 Å². The number of thioether (sulfide) groups is 1. The molecule has 8 heteroatoms. The molecule has 180 valence electrons. The predicted octanol–water partition coefficient (Wildman–Crippen LogP) is 5.73. The van der Waals surface area contributed by atoms with Gasteiger partial charge in [-0.3, -0.25) is 4.79 Å². The number of unbranched alkanes of at least 4 members (excludes halogenated alkanes) is 7. The summed E-state index contributed by atoms with van der Waals surface area (Å²) in [6.07, 6.45) is 17.4. The minimum atomic E-state index is -0.839. The number of allylic oxidation sites excluding steroid dienone is 3. The third-order valence-corrected chi connectivity index (χ3v) is 6.53. The van der Waals surface area contributed by atoms with Crippen LogP contribution in [0.2, 0.25) is 0 Å². The molecule has 1 aromatic carbocycles. The highest BCUT2D eigenvalue weighted by Gasteiger charge is 2.20. The van der Waals surface area contributed by atoms with E-state index in [2.05, 4.69) is 33.6 Å². The minimum absolute atomic E-state index is 0.0543. The molecule has 0 bridgehead atoms. The number of tetrazole rings is 1. The summed E-state index contributed by atoms with van der Waals surface area (Å²) in [6, 6.07) is 7.39. The number of aliphatic hydroxyl groups is 1. The highest BCUT2D eigenvalue weighted by atomic mass is 32.2. The van der Waals surface area contributed by atoms with Gasteiger partial charge in [-0.2, -0.15) is 17.0 Å². The zero-order chi connectivity index (χ0) is 23.7. The second-order valence-electron chi connectivity index (χ2n) is 8.01. The Balaban J connectivity index is 1.91. The second kappa shape index (κ2) is 16.2. The first-order valence-electron chi connectivity index (χ1n) is 11.8. The number of nitrogens with zero attached hydrogens (tertiary/aromatic N) is 3. The second-order valence-corrected chi connectivity index (χ2v) is 9.29. The summed E-state index contributed by atoms with van der Waals surface area (Å²) >= 11 is 1.44. The molecule has 2 aromatic rings. The topological polar surface area (TPSA) is 112 Å². The van der Waals surface area contributed by atoms with Gasteiger partial charge in [0.25, 0.3) is 0 Å². The van der Waals surface area contributed by atoms with Gasteiger partial charge >= 0.3 is 5.97 Å². The summed E-state index contributed by atoms with van der Waals surface area (Å²) in [5.74, 6) is 0.0459. The van der Waals surface area contributed by atoms with Gasteiger partial charge < -0.3 is 10.2 Å². The van der Waals surface area contributed by atoms with Crippen LogP contribution in [0.1, 0.15) is 76.4 Å². The van der Waals surface area contributed by atoms with E-state index in [9.17, 15) is 9.90 Å². The normalized spacial score (nSPS) is 13.6. The molecule has 1 aromatic heterocycles. The molecule has 0 unspecified atom stereocenters. The lowest BCUT2D eigenvalue weighted by Gasteiger charge is -2.20. The van der Waals surface area contributed by atoms with Crippen molar-refractivity contribution in [2.45, 2.75) is 76.1 Å². The molecule has 0 spiro atoms. The van der Waals surface area contributed by atoms with E-state index in [1.54, 1.807) is 0 Å². The van der Waals surface area contributed by atoms with Gasteiger partial charge in [-0.15, -0.1) is 10.2 Å². The summed E-state index contributed by atoms with van der Waals surface area (Å²) < 4.78 is 0. The molecule has 0 aliphatic rings. The Bertz CT molecular complexity index is 855. The standard InChI is InChI=1S/C25H36N4O3S/c1-2-3-4-5-6-7-8-9-10-11-12-16-22(33-18-17-23(30)31)24(32)20-14-13-15-21(19-20)25-26-28-29-27-25/h10-16,19,22,24,32H,2-9,17-18H2,1H3,(H,30,31)(H,26,27,28,29)/b11-10+,16-12-/t22-,24+/m1/s1. The largest absolute Gasteiger partial charge is 0.481 e. The molecule has 0 saturated heterocycles. The Morgan fingerprint density at radius 3 is 2.67 bits per heavy atom. The molecule has 3 N–H and O–H groups in total. The van der Waals surface area contributed by atoms with Crippen LogP contribution >= 0.6 is 11.8 Å². The Morgan fingerprint density at radius 1 is 1.15 bits per heavy atom. The van der Waals surface area contributed by atoms with Gasteiger partial charge in [0.1, 0.15) is 0 Å². The number of carbonyl (C=O) groups is 1. The van der Waals surface area contributed by atoms with Gasteiger partial charge in [-0.25, -0.2) is 0 Å². The number of aromatic amines is 1. The van der Waals surface area contributed by atoms with E-state index in [-0.39, 0.29) is 11.7 Å². The number of carboxylic acid groups (broad SMARTS) is 1. The van der Waals surface area contributed by atoms with E-state index >= 15 is 0 Å². The van der Waals surface area contributed by atoms with Gasteiger partial charge in [-0.05, 0) is 29.7 Å². The lowest BCUT2D eigenvalue weighted by atomic mass is 10.0. The molecular formula is C25H36N4O3S. The molecular weight excluding hydrogens is 436 g/mol. The molecule has 0 aliphatic heterocycles. The molecule has 7 nitrogen and oxygen atoms in total. The Morgan fingerprint density at radius 2 is 1.94 bits per heavy atom. The van der Waals surface area contributed by atoms with Crippen molar-refractivity contribution in [3.63, 3.8) is 0 Å². The molecule has 0 amide bonds. The smallest absolute Gasteiger partial charge is 0.304 e.